The van der Waals surface area contributed by atoms with E-state index in [4.69, 9.17) is 27.9 Å². The zero-order valence-corrected chi connectivity index (χ0v) is 16.6. The van der Waals surface area contributed by atoms with Crippen LogP contribution in [0.5, 0.6) is 0 Å². The van der Waals surface area contributed by atoms with Crippen molar-refractivity contribution in [3.05, 3.63) is 69.2 Å². The SMILES string of the molecule is Cc1nn(C)c(Cl)c1/C=C/C(=O)OCc1c(C)nn(-c2ccccc2)c1Cl. The molecule has 0 unspecified atom stereocenters. The number of nitrogens with zero attached hydrogens (tertiary/aromatic N) is 4. The number of aryl methyl sites for hydroxylation is 3. The maximum atomic E-state index is 12.1. The lowest BCUT2D eigenvalue weighted by Crippen LogP contribution is -2.02. The van der Waals surface area contributed by atoms with Gasteiger partial charge in [-0.1, -0.05) is 41.4 Å². The summed E-state index contributed by atoms with van der Waals surface area (Å²) < 4.78 is 8.48. The number of ether oxygens (including phenoxy) is 1. The molecule has 27 heavy (non-hydrogen) atoms. The molecule has 0 saturated heterocycles. The van der Waals surface area contributed by atoms with Crippen LogP contribution in [0.25, 0.3) is 11.8 Å². The van der Waals surface area contributed by atoms with Crippen molar-refractivity contribution in [1.82, 2.24) is 19.6 Å². The van der Waals surface area contributed by atoms with Crippen molar-refractivity contribution in [2.24, 2.45) is 7.05 Å². The Kier molecular flexibility index (Phi) is 5.68. The molecule has 0 N–H and O–H groups in total. The Hall–Kier alpha value is -2.57. The van der Waals surface area contributed by atoms with Crippen molar-refractivity contribution < 1.29 is 9.53 Å². The van der Waals surface area contributed by atoms with Crippen molar-refractivity contribution in [1.29, 1.82) is 0 Å². The Morgan fingerprint density at radius 3 is 2.44 bits per heavy atom. The van der Waals surface area contributed by atoms with Crippen molar-refractivity contribution in [2.75, 3.05) is 0 Å². The quantitative estimate of drug-likeness (QED) is 0.470. The summed E-state index contributed by atoms with van der Waals surface area (Å²) in [5.74, 6) is -0.503. The van der Waals surface area contributed by atoms with Gasteiger partial charge in [-0.2, -0.15) is 10.2 Å². The van der Waals surface area contributed by atoms with E-state index in [1.54, 1.807) is 22.5 Å². The molecule has 0 fully saturated rings. The number of carbonyl (C=O) groups excluding carboxylic acids is 1. The van der Waals surface area contributed by atoms with Crippen molar-refractivity contribution in [3.63, 3.8) is 0 Å². The van der Waals surface area contributed by atoms with Gasteiger partial charge in [-0.05, 0) is 32.1 Å². The van der Waals surface area contributed by atoms with E-state index in [2.05, 4.69) is 10.2 Å². The van der Waals surface area contributed by atoms with E-state index in [0.29, 0.717) is 27.1 Å². The summed E-state index contributed by atoms with van der Waals surface area (Å²) in [6, 6.07) is 9.52. The number of para-hydroxylation sites is 1. The first-order valence-electron chi connectivity index (χ1n) is 8.22. The smallest absolute Gasteiger partial charge is 0.331 e. The molecule has 0 spiro atoms. The highest BCUT2D eigenvalue weighted by atomic mass is 35.5. The normalized spacial score (nSPS) is 11.3. The molecule has 140 valence electrons. The predicted molar refractivity (Wildman–Crippen MR) is 105 cm³/mol. The van der Waals surface area contributed by atoms with Gasteiger partial charge >= 0.3 is 5.97 Å². The van der Waals surface area contributed by atoms with Gasteiger partial charge in [0.15, 0.2) is 0 Å². The molecule has 2 heterocycles. The number of hydrogen-bond donors (Lipinski definition) is 0. The second-order valence-electron chi connectivity index (χ2n) is 5.96. The van der Waals surface area contributed by atoms with E-state index in [1.807, 2.05) is 44.2 Å². The van der Waals surface area contributed by atoms with Gasteiger partial charge in [0.2, 0.25) is 0 Å². The zero-order chi connectivity index (χ0) is 19.6. The molecule has 0 amide bonds. The molecule has 0 aliphatic rings. The van der Waals surface area contributed by atoms with Gasteiger partial charge in [0.1, 0.15) is 16.9 Å². The number of esters is 1. The number of rotatable bonds is 5. The molecular formula is C19H18Cl2N4O2. The van der Waals surface area contributed by atoms with Crippen molar-refractivity contribution in [3.8, 4) is 5.69 Å². The first-order valence-corrected chi connectivity index (χ1v) is 8.97. The van der Waals surface area contributed by atoms with Crippen LogP contribution in [0, 0.1) is 13.8 Å². The van der Waals surface area contributed by atoms with Crippen LogP contribution in [0.3, 0.4) is 0 Å². The van der Waals surface area contributed by atoms with Crippen LogP contribution in [0.15, 0.2) is 36.4 Å². The largest absolute Gasteiger partial charge is 0.457 e. The maximum absolute atomic E-state index is 12.1. The summed E-state index contributed by atoms with van der Waals surface area (Å²) in [6.07, 6.45) is 2.91. The van der Waals surface area contributed by atoms with Crippen LogP contribution >= 0.6 is 23.2 Å². The molecule has 0 saturated carbocycles. The third kappa shape index (κ3) is 4.07. The molecular weight excluding hydrogens is 387 g/mol. The molecule has 6 nitrogen and oxygen atoms in total. The standard InChI is InChI=1S/C19H18Cl2N4O2/c1-12-15(18(20)24(3)22-12)9-10-17(26)27-11-16-13(2)23-25(19(16)21)14-7-5-4-6-8-14/h4-10H,11H2,1-3H3/b10-9+. The van der Waals surface area contributed by atoms with E-state index in [9.17, 15) is 4.79 Å². The summed E-state index contributed by atoms with van der Waals surface area (Å²) in [5, 5.41) is 9.49. The van der Waals surface area contributed by atoms with E-state index in [0.717, 1.165) is 11.4 Å². The fraction of sp³-hybridized carbons (Fsp3) is 0.211. The molecule has 0 bridgehead atoms. The molecule has 8 heteroatoms. The van der Waals surface area contributed by atoms with Crippen LogP contribution in [0.4, 0.5) is 0 Å². The Morgan fingerprint density at radius 2 is 1.81 bits per heavy atom. The lowest BCUT2D eigenvalue weighted by molar-refractivity contribution is -0.138. The Balaban J connectivity index is 1.71. The van der Waals surface area contributed by atoms with E-state index in [-0.39, 0.29) is 6.61 Å². The van der Waals surface area contributed by atoms with E-state index < -0.39 is 5.97 Å². The average Bonchev–Trinajstić information content (AvgIpc) is 3.07. The van der Waals surface area contributed by atoms with Gasteiger partial charge < -0.3 is 4.74 Å². The van der Waals surface area contributed by atoms with Gasteiger partial charge in [0.25, 0.3) is 0 Å². The summed E-state index contributed by atoms with van der Waals surface area (Å²) in [5.41, 5.74) is 3.62. The Morgan fingerprint density at radius 1 is 1.11 bits per heavy atom. The molecule has 3 aromatic rings. The van der Waals surface area contributed by atoms with Crippen LogP contribution in [-0.4, -0.2) is 25.5 Å². The summed E-state index contributed by atoms with van der Waals surface area (Å²) in [7, 11) is 1.74. The third-order valence-corrected chi connectivity index (χ3v) is 4.90. The maximum Gasteiger partial charge on any atom is 0.331 e. The minimum absolute atomic E-state index is 0.0282. The van der Waals surface area contributed by atoms with E-state index >= 15 is 0 Å². The van der Waals surface area contributed by atoms with Crippen LogP contribution < -0.4 is 0 Å². The number of aromatic nitrogens is 4. The van der Waals surface area contributed by atoms with E-state index in [1.165, 1.54) is 6.08 Å². The molecule has 0 radical (unpaired) electrons. The molecule has 0 aliphatic carbocycles. The summed E-state index contributed by atoms with van der Waals surface area (Å²) >= 11 is 12.6. The molecule has 1 aromatic carbocycles. The Labute approximate surface area is 167 Å². The van der Waals surface area contributed by atoms with Crippen LogP contribution in [-0.2, 0) is 23.2 Å². The fourth-order valence-electron chi connectivity index (χ4n) is 2.61. The highest BCUT2D eigenvalue weighted by Gasteiger charge is 2.16. The predicted octanol–water partition coefficient (Wildman–Crippen LogP) is 4.29. The number of benzene rings is 1. The van der Waals surface area contributed by atoms with Crippen LogP contribution in [0.1, 0.15) is 22.5 Å². The number of carbonyl (C=O) groups is 1. The van der Waals surface area contributed by atoms with Crippen molar-refractivity contribution in [2.45, 2.75) is 20.5 Å². The van der Waals surface area contributed by atoms with Gasteiger partial charge in [-0.25, -0.2) is 9.48 Å². The fourth-order valence-corrected chi connectivity index (χ4v) is 3.18. The third-order valence-electron chi connectivity index (χ3n) is 4.06. The second kappa shape index (κ2) is 7.98. The number of hydrogen-bond acceptors (Lipinski definition) is 4. The molecule has 0 aliphatic heterocycles. The van der Waals surface area contributed by atoms with Gasteiger partial charge in [0.05, 0.1) is 17.1 Å². The zero-order valence-electron chi connectivity index (χ0n) is 15.1. The van der Waals surface area contributed by atoms with Gasteiger partial charge in [-0.3, -0.25) is 4.68 Å². The molecule has 2 aromatic heterocycles. The Bertz CT molecular complexity index is 1010. The second-order valence-corrected chi connectivity index (χ2v) is 6.67. The monoisotopic (exact) mass is 404 g/mol. The summed E-state index contributed by atoms with van der Waals surface area (Å²) in [6.45, 7) is 3.67. The highest BCUT2D eigenvalue weighted by molar-refractivity contribution is 6.31. The van der Waals surface area contributed by atoms with Crippen molar-refractivity contribution >= 4 is 35.2 Å². The lowest BCUT2D eigenvalue weighted by Gasteiger charge is -2.04. The van der Waals surface area contributed by atoms with Gasteiger partial charge in [0, 0.05) is 24.3 Å². The lowest BCUT2D eigenvalue weighted by atomic mass is 10.2. The highest BCUT2D eigenvalue weighted by Crippen LogP contribution is 2.24. The first-order chi connectivity index (χ1) is 12.9. The molecule has 0 atom stereocenters. The first kappa shape index (κ1) is 19.2. The topological polar surface area (TPSA) is 61.9 Å². The van der Waals surface area contributed by atoms with Gasteiger partial charge in [-0.15, -0.1) is 0 Å². The van der Waals surface area contributed by atoms with Crippen LogP contribution in [0.2, 0.25) is 10.3 Å². The average molecular weight is 405 g/mol. The summed E-state index contributed by atoms with van der Waals surface area (Å²) in [4.78, 5) is 12.1. The molecule has 3 rings (SSSR count). The minimum atomic E-state index is -0.503. The number of halogens is 2. The minimum Gasteiger partial charge on any atom is -0.457 e.